The summed E-state index contributed by atoms with van der Waals surface area (Å²) in [5, 5.41) is 10.5. The number of carbonyl (C=O) groups is 1. The molecule has 3 N–H and O–H groups in total. The second kappa shape index (κ2) is 9.15. The van der Waals surface area contributed by atoms with Crippen molar-refractivity contribution < 1.29 is 4.79 Å². The Hall–Kier alpha value is -4.78. The molecule has 0 saturated heterocycles. The minimum absolute atomic E-state index is 0.179. The summed E-state index contributed by atoms with van der Waals surface area (Å²) in [7, 11) is 0. The van der Waals surface area contributed by atoms with Crippen LogP contribution in [0.1, 0.15) is 10.4 Å². The van der Waals surface area contributed by atoms with Crippen LogP contribution >= 0.6 is 0 Å². The van der Waals surface area contributed by atoms with Gasteiger partial charge in [-0.2, -0.15) is 0 Å². The van der Waals surface area contributed by atoms with Gasteiger partial charge in [0.1, 0.15) is 0 Å². The highest BCUT2D eigenvalue weighted by atomic mass is 16.1. The summed E-state index contributed by atoms with van der Waals surface area (Å²) in [4.78, 5) is 25.3. The number of carbonyl (C=O) groups excluding carboxylic acids is 1. The van der Waals surface area contributed by atoms with Crippen molar-refractivity contribution in [2.45, 2.75) is 0 Å². The van der Waals surface area contributed by atoms with Crippen LogP contribution in [0.3, 0.4) is 0 Å². The van der Waals surface area contributed by atoms with Gasteiger partial charge in [0.25, 0.3) is 5.91 Å². The minimum Gasteiger partial charge on any atom is -0.355 e. The molecular formula is C26H20N6O. The Bertz CT molecular complexity index is 1400. The first-order valence-corrected chi connectivity index (χ1v) is 10.4. The number of hydrogen-bond acceptors (Lipinski definition) is 6. The fourth-order valence-electron chi connectivity index (χ4n) is 3.44. The van der Waals surface area contributed by atoms with E-state index in [0.29, 0.717) is 11.3 Å². The van der Waals surface area contributed by atoms with Crippen LogP contribution in [0.15, 0.2) is 104 Å². The first-order chi connectivity index (χ1) is 16.2. The highest BCUT2D eigenvalue weighted by Crippen LogP contribution is 2.25. The quantitative estimate of drug-likeness (QED) is 0.316. The zero-order chi connectivity index (χ0) is 22.5. The van der Waals surface area contributed by atoms with Crippen LogP contribution in [-0.4, -0.2) is 20.9 Å². The highest BCUT2D eigenvalue weighted by molar-refractivity contribution is 6.04. The summed E-state index contributed by atoms with van der Waals surface area (Å²) >= 11 is 0. The molecule has 7 heteroatoms. The van der Waals surface area contributed by atoms with Crippen molar-refractivity contribution >= 4 is 45.2 Å². The summed E-state index contributed by atoms with van der Waals surface area (Å²) in [6.07, 6.45) is 8.70. The van der Waals surface area contributed by atoms with Gasteiger partial charge in [-0.1, -0.05) is 6.07 Å². The first kappa shape index (κ1) is 20.1. The standard InChI is InChI=1S/C26H20N6O/c33-26(32-22-3-1-2-21(16-22)30-20-8-12-27-13-9-20)18-4-6-19(7-5-18)31-25-11-15-29-24-10-14-28-17-23(24)25/h1-17H,(H,27,30)(H,29,31)(H,32,33). The van der Waals surface area contributed by atoms with Crippen molar-refractivity contribution in [3.8, 4) is 0 Å². The van der Waals surface area contributed by atoms with Crippen molar-refractivity contribution in [1.29, 1.82) is 0 Å². The van der Waals surface area contributed by atoms with E-state index in [1.807, 2.05) is 60.7 Å². The third-order valence-corrected chi connectivity index (χ3v) is 5.06. The number of aromatic nitrogens is 3. The number of amides is 1. The van der Waals surface area contributed by atoms with Crippen LogP contribution < -0.4 is 16.0 Å². The molecule has 0 unspecified atom stereocenters. The molecule has 0 aliphatic heterocycles. The largest absolute Gasteiger partial charge is 0.355 e. The summed E-state index contributed by atoms with van der Waals surface area (Å²) in [6.45, 7) is 0. The molecule has 7 nitrogen and oxygen atoms in total. The fraction of sp³-hybridized carbons (Fsp3) is 0. The number of pyridine rings is 3. The topological polar surface area (TPSA) is 91.8 Å². The summed E-state index contributed by atoms with van der Waals surface area (Å²) in [5.74, 6) is -0.179. The van der Waals surface area contributed by atoms with Gasteiger partial charge in [0.05, 0.1) is 11.2 Å². The SMILES string of the molecule is O=C(Nc1cccc(Nc2ccncc2)c1)c1ccc(Nc2ccnc3ccncc23)cc1. The lowest BCUT2D eigenvalue weighted by atomic mass is 10.1. The highest BCUT2D eigenvalue weighted by Gasteiger charge is 2.08. The normalized spacial score (nSPS) is 10.5. The van der Waals surface area contributed by atoms with E-state index in [1.165, 1.54) is 0 Å². The average molecular weight is 432 g/mol. The molecule has 3 heterocycles. The number of fused-ring (bicyclic) bond motifs is 1. The molecule has 3 aromatic heterocycles. The molecule has 160 valence electrons. The van der Waals surface area contributed by atoms with Crippen molar-refractivity contribution in [3.63, 3.8) is 0 Å². The molecule has 0 atom stereocenters. The first-order valence-electron chi connectivity index (χ1n) is 10.4. The lowest BCUT2D eigenvalue weighted by Crippen LogP contribution is -2.11. The van der Waals surface area contributed by atoms with E-state index in [9.17, 15) is 4.79 Å². The van der Waals surface area contributed by atoms with Crippen molar-refractivity contribution in [2.24, 2.45) is 0 Å². The Morgan fingerprint density at radius 2 is 1.42 bits per heavy atom. The monoisotopic (exact) mass is 432 g/mol. The molecule has 0 bridgehead atoms. The lowest BCUT2D eigenvalue weighted by Gasteiger charge is -2.11. The summed E-state index contributed by atoms with van der Waals surface area (Å²) in [6, 6.07) is 22.4. The molecule has 33 heavy (non-hydrogen) atoms. The van der Waals surface area contributed by atoms with Crippen molar-refractivity contribution in [3.05, 3.63) is 109 Å². The maximum absolute atomic E-state index is 12.8. The third kappa shape index (κ3) is 4.77. The fourth-order valence-corrected chi connectivity index (χ4v) is 3.44. The number of benzene rings is 2. The van der Waals surface area contributed by atoms with Crippen LogP contribution in [0.5, 0.6) is 0 Å². The van der Waals surface area contributed by atoms with E-state index in [2.05, 4.69) is 30.9 Å². The molecular weight excluding hydrogens is 412 g/mol. The van der Waals surface area contributed by atoms with E-state index in [0.717, 1.165) is 33.7 Å². The van der Waals surface area contributed by atoms with Crippen molar-refractivity contribution in [1.82, 2.24) is 15.0 Å². The van der Waals surface area contributed by atoms with Crippen LogP contribution in [0.2, 0.25) is 0 Å². The smallest absolute Gasteiger partial charge is 0.255 e. The van der Waals surface area contributed by atoms with E-state index in [1.54, 1.807) is 43.1 Å². The van der Waals surface area contributed by atoms with Gasteiger partial charge in [0, 0.05) is 64.7 Å². The van der Waals surface area contributed by atoms with Crippen LogP contribution in [-0.2, 0) is 0 Å². The maximum Gasteiger partial charge on any atom is 0.255 e. The van der Waals surface area contributed by atoms with E-state index < -0.39 is 0 Å². The predicted octanol–water partition coefficient (Wildman–Crippen LogP) is 5.76. The maximum atomic E-state index is 12.8. The predicted molar refractivity (Wildman–Crippen MR) is 131 cm³/mol. The number of anilines is 5. The van der Waals surface area contributed by atoms with Gasteiger partial charge in [0.15, 0.2) is 0 Å². The second-order valence-electron chi connectivity index (χ2n) is 7.35. The number of hydrogen-bond donors (Lipinski definition) is 3. The van der Waals surface area contributed by atoms with Gasteiger partial charge in [-0.15, -0.1) is 0 Å². The van der Waals surface area contributed by atoms with Gasteiger partial charge in [-0.25, -0.2) is 0 Å². The molecule has 5 rings (SSSR count). The van der Waals surface area contributed by atoms with Gasteiger partial charge < -0.3 is 16.0 Å². The number of rotatable bonds is 6. The Morgan fingerprint density at radius 1 is 0.667 bits per heavy atom. The Kier molecular flexibility index (Phi) is 5.59. The van der Waals surface area contributed by atoms with Crippen LogP contribution in [0.25, 0.3) is 10.9 Å². The second-order valence-corrected chi connectivity index (χ2v) is 7.35. The molecule has 1 amide bonds. The zero-order valence-corrected chi connectivity index (χ0v) is 17.6. The number of nitrogens with zero attached hydrogens (tertiary/aromatic N) is 3. The van der Waals surface area contributed by atoms with Gasteiger partial charge >= 0.3 is 0 Å². The Morgan fingerprint density at radius 3 is 2.27 bits per heavy atom. The van der Waals surface area contributed by atoms with E-state index >= 15 is 0 Å². The summed E-state index contributed by atoms with van der Waals surface area (Å²) in [5.41, 5.74) is 5.71. The lowest BCUT2D eigenvalue weighted by molar-refractivity contribution is 0.102. The third-order valence-electron chi connectivity index (χ3n) is 5.06. The minimum atomic E-state index is -0.179. The van der Waals surface area contributed by atoms with Crippen molar-refractivity contribution in [2.75, 3.05) is 16.0 Å². The van der Waals surface area contributed by atoms with Gasteiger partial charge in [-0.3, -0.25) is 19.7 Å². The molecule has 0 spiro atoms. The molecule has 0 saturated carbocycles. The van der Waals surface area contributed by atoms with Crippen LogP contribution in [0.4, 0.5) is 28.4 Å². The Balaban J connectivity index is 1.27. The molecule has 2 aromatic carbocycles. The molecule has 5 aromatic rings. The molecule has 0 fully saturated rings. The van der Waals surface area contributed by atoms with Gasteiger partial charge in [0.2, 0.25) is 0 Å². The molecule has 0 aliphatic rings. The van der Waals surface area contributed by atoms with Gasteiger partial charge in [-0.05, 0) is 66.7 Å². The molecule has 0 aliphatic carbocycles. The van der Waals surface area contributed by atoms with Crippen LogP contribution in [0, 0.1) is 0 Å². The number of nitrogens with one attached hydrogen (secondary N) is 3. The van der Waals surface area contributed by atoms with E-state index in [-0.39, 0.29) is 5.91 Å². The summed E-state index contributed by atoms with van der Waals surface area (Å²) < 4.78 is 0. The molecule has 0 radical (unpaired) electrons. The average Bonchev–Trinajstić information content (AvgIpc) is 2.86. The van der Waals surface area contributed by atoms with E-state index in [4.69, 9.17) is 0 Å². The zero-order valence-electron chi connectivity index (χ0n) is 17.6. The Labute approximate surface area is 190 Å².